The van der Waals surface area contributed by atoms with Crippen LogP contribution in [0.5, 0.6) is 0 Å². The molecule has 6 nitrogen and oxygen atoms in total. The van der Waals surface area contributed by atoms with Gasteiger partial charge in [-0.1, -0.05) is 18.2 Å². The molecule has 0 spiro atoms. The van der Waals surface area contributed by atoms with Crippen LogP contribution in [0.25, 0.3) is 0 Å². The Morgan fingerprint density at radius 1 is 1.17 bits per heavy atom. The van der Waals surface area contributed by atoms with Gasteiger partial charge in [0.2, 0.25) is 10.0 Å². The van der Waals surface area contributed by atoms with Crippen LogP contribution in [0.4, 0.5) is 0 Å². The van der Waals surface area contributed by atoms with Crippen LogP contribution in [-0.2, 0) is 14.8 Å². The van der Waals surface area contributed by atoms with E-state index >= 15 is 0 Å². The number of carbonyl (C=O) groups excluding carboxylic acids is 1. The van der Waals surface area contributed by atoms with Gasteiger partial charge in [-0.15, -0.1) is 11.8 Å². The van der Waals surface area contributed by atoms with Crippen molar-refractivity contribution < 1.29 is 17.9 Å². The first kappa shape index (κ1) is 20.9. The minimum atomic E-state index is -3.67. The van der Waals surface area contributed by atoms with E-state index in [2.05, 4.69) is 27.3 Å². The van der Waals surface area contributed by atoms with Crippen LogP contribution in [0.2, 0.25) is 0 Å². The van der Waals surface area contributed by atoms with E-state index in [1.54, 1.807) is 17.8 Å². The van der Waals surface area contributed by atoms with Gasteiger partial charge in [-0.3, -0.25) is 4.79 Å². The Bertz CT molecular complexity index is 1020. The van der Waals surface area contributed by atoms with Gasteiger partial charge in [-0.05, 0) is 52.2 Å². The average Bonchev–Trinajstić information content (AvgIpc) is 2.75. The van der Waals surface area contributed by atoms with Crippen molar-refractivity contribution in [3.63, 3.8) is 0 Å². The summed E-state index contributed by atoms with van der Waals surface area (Å²) >= 11 is 5.18. The summed E-state index contributed by atoms with van der Waals surface area (Å²) in [5.41, 5.74) is 1.42. The number of hydrogen-bond acceptors (Lipinski definition) is 5. The van der Waals surface area contributed by atoms with E-state index < -0.39 is 10.0 Å². The lowest BCUT2D eigenvalue weighted by atomic mass is 10.0. The van der Waals surface area contributed by atoms with E-state index in [1.807, 2.05) is 18.2 Å². The molecule has 1 N–H and O–H groups in total. The molecule has 1 unspecified atom stereocenters. The van der Waals surface area contributed by atoms with Crippen molar-refractivity contribution in [3.05, 3.63) is 58.1 Å². The van der Waals surface area contributed by atoms with Crippen LogP contribution < -0.4 is 5.32 Å². The lowest BCUT2D eigenvalue weighted by Gasteiger charge is -2.27. The third-order valence-corrected chi connectivity index (χ3v) is 8.76. The quantitative estimate of drug-likeness (QED) is 0.701. The van der Waals surface area contributed by atoms with E-state index in [-0.39, 0.29) is 16.8 Å². The number of amides is 1. The maximum absolute atomic E-state index is 13.0. The number of nitrogens with one attached hydrogen (secondary N) is 1. The fourth-order valence-electron chi connectivity index (χ4n) is 3.50. The lowest BCUT2D eigenvalue weighted by molar-refractivity contribution is 0.0730. The van der Waals surface area contributed by atoms with Crippen molar-refractivity contribution in [1.29, 1.82) is 0 Å². The summed E-state index contributed by atoms with van der Waals surface area (Å²) in [4.78, 5) is 14.3. The lowest BCUT2D eigenvalue weighted by Crippen LogP contribution is -2.40. The summed E-state index contributed by atoms with van der Waals surface area (Å²) < 4.78 is 33.1. The monoisotopic (exact) mass is 496 g/mol. The molecule has 2 heterocycles. The SMILES string of the molecule is O=C(NC1CCSc2ccccc21)c1cc(S(=O)(=O)N2CCOCC2)ccc1Br. The number of carbonyl (C=O) groups is 1. The molecule has 1 saturated heterocycles. The predicted molar refractivity (Wildman–Crippen MR) is 116 cm³/mol. The molecule has 9 heteroatoms. The van der Waals surface area contributed by atoms with E-state index in [9.17, 15) is 13.2 Å². The highest BCUT2D eigenvalue weighted by Crippen LogP contribution is 2.36. The van der Waals surface area contributed by atoms with E-state index in [0.717, 1.165) is 17.7 Å². The smallest absolute Gasteiger partial charge is 0.252 e. The molecular weight excluding hydrogens is 476 g/mol. The zero-order valence-corrected chi connectivity index (χ0v) is 18.9. The summed E-state index contributed by atoms with van der Waals surface area (Å²) in [6.45, 7) is 1.39. The number of nitrogens with zero attached hydrogens (tertiary/aromatic N) is 1. The average molecular weight is 497 g/mol. The van der Waals surface area contributed by atoms with Crippen molar-refractivity contribution in [2.75, 3.05) is 32.1 Å². The van der Waals surface area contributed by atoms with Crippen LogP contribution >= 0.6 is 27.7 Å². The fraction of sp³-hybridized carbons (Fsp3) is 0.350. The van der Waals surface area contributed by atoms with Crippen molar-refractivity contribution in [3.8, 4) is 0 Å². The predicted octanol–water partition coefficient (Wildman–Crippen LogP) is 3.44. The molecule has 0 radical (unpaired) electrons. The molecule has 29 heavy (non-hydrogen) atoms. The summed E-state index contributed by atoms with van der Waals surface area (Å²) in [7, 11) is -3.67. The zero-order valence-electron chi connectivity index (χ0n) is 15.6. The van der Waals surface area contributed by atoms with E-state index in [0.29, 0.717) is 36.3 Å². The number of halogens is 1. The Hall–Kier alpha value is -1.39. The summed E-state index contributed by atoms with van der Waals surface area (Å²) in [5.74, 6) is 0.636. The number of thioether (sulfide) groups is 1. The first-order chi connectivity index (χ1) is 14.0. The minimum absolute atomic E-state index is 0.0913. The van der Waals surface area contributed by atoms with Crippen LogP contribution in [0.3, 0.4) is 0 Å². The van der Waals surface area contributed by atoms with Crippen molar-refractivity contribution in [1.82, 2.24) is 9.62 Å². The van der Waals surface area contributed by atoms with E-state index in [4.69, 9.17) is 4.74 Å². The second-order valence-electron chi connectivity index (χ2n) is 6.86. The molecular formula is C20H21BrN2O4S2. The van der Waals surface area contributed by atoms with Gasteiger partial charge in [0.05, 0.1) is 29.7 Å². The number of benzene rings is 2. The van der Waals surface area contributed by atoms with Crippen LogP contribution in [0.15, 0.2) is 56.7 Å². The molecule has 1 amide bonds. The largest absolute Gasteiger partial charge is 0.379 e. The summed E-state index contributed by atoms with van der Waals surface area (Å²) in [5, 5.41) is 3.08. The normalized spacial score (nSPS) is 20.1. The second-order valence-corrected chi connectivity index (χ2v) is 10.8. The highest BCUT2D eigenvalue weighted by atomic mass is 79.9. The van der Waals surface area contributed by atoms with Gasteiger partial charge in [-0.2, -0.15) is 4.31 Å². The van der Waals surface area contributed by atoms with Crippen molar-refractivity contribution in [2.45, 2.75) is 22.3 Å². The number of fused-ring (bicyclic) bond motifs is 1. The van der Waals surface area contributed by atoms with Gasteiger partial charge >= 0.3 is 0 Å². The molecule has 1 atom stereocenters. The fourth-order valence-corrected chi connectivity index (χ4v) is 6.49. The number of morpholine rings is 1. The molecule has 0 saturated carbocycles. The minimum Gasteiger partial charge on any atom is -0.379 e. The Morgan fingerprint density at radius 3 is 2.72 bits per heavy atom. The van der Waals surface area contributed by atoms with Crippen molar-refractivity contribution >= 4 is 43.6 Å². The van der Waals surface area contributed by atoms with Crippen LogP contribution in [0.1, 0.15) is 28.4 Å². The van der Waals surface area contributed by atoms with Gasteiger partial charge in [-0.25, -0.2) is 8.42 Å². The number of ether oxygens (including phenoxy) is 1. The molecule has 2 aromatic carbocycles. The van der Waals surface area contributed by atoms with Crippen molar-refractivity contribution in [2.24, 2.45) is 0 Å². The number of hydrogen-bond donors (Lipinski definition) is 1. The van der Waals surface area contributed by atoms with Gasteiger partial charge in [0.1, 0.15) is 0 Å². The van der Waals surface area contributed by atoms with Gasteiger partial charge in [0.15, 0.2) is 0 Å². The Balaban J connectivity index is 1.59. The molecule has 2 aliphatic heterocycles. The molecule has 154 valence electrons. The van der Waals surface area contributed by atoms with E-state index in [1.165, 1.54) is 21.3 Å². The Kier molecular flexibility index (Phi) is 6.31. The molecule has 4 rings (SSSR count). The Labute approximate surface area is 183 Å². The number of rotatable bonds is 4. The molecule has 1 fully saturated rings. The van der Waals surface area contributed by atoms with Gasteiger partial charge in [0, 0.05) is 28.2 Å². The topological polar surface area (TPSA) is 75.7 Å². The second kappa shape index (κ2) is 8.77. The summed E-state index contributed by atoms with van der Waals surface area (Å²) in [6.07, 6.45) is 0.830. The first-order valence-electron chi connectivity index (χ1n) is 9.37. The first-order valence-corrected chi connectivity index (χ1v) is 12.6. The highest BCUT2D eigenvalue weighted by molar-refractivity contribution is 9.10. The van der Waals surface area contributed by atoms with Crippen LogP contribution in [-0.4, -0.2) is 50.7 Å². The van der Waals surface area contributed by atoms with Crippen LogP contribution in [0, 0.1) is 0 Å². The molecule has 0 bridgehead atoms. The maximum atomic E-state index is 13.0. The Morgan fingerprint density at radius 2 is 1.93 bits per heavy atom. The molecule has 0 aromatic heterocycles. The van der Waals surface area contributed by atoms with Gasteiger partial charge in [0.25, 0.3) is 5.91 Å². The standard InChI is InChI=1S/C20H21BrN2O4S2/c21-17-6-5-14(29(25,26)23-8-10-27-11-9-23)13-16(17)20(24)22-18-7-12-28-19-4-2-1-3-15(18)19/h1-6,13,18H,7-12H2,(H,22,24). The zero-order chi connectivity index (χ0) is 20.4. The van der Waals surface area contributed by atoms with Gasteiger partial charge < -0.3 is 10.1 Å². The maximum Gasteiger partial charge on any atom is 0.252 e. The molecule has 2 aromatic rings. The molecule has 0 aliphatic carbocycles. The third-order valence-electron chi connectivity index (χ3n) is 5.05. The summed E-state index contributed by atoms with van der Waals surface area (Å²) in [6, 6.07) is 12.6. The highest BCUT2D eigenvalue weighted by Gasteiger charge is 2.28. The third kappa shape index (κ3) is 4.39. The molecule has 2 aliphatic rings. The number of sulfonamides is 1.